The maximum absolute atomic E-state index is 6.32. The van der Waals surface area contributed by atoms with E-state index in [1.165, 1.54) is 6.33 Å². The number of fused-ring (bicyclic) bond motifs is 4. The van der Waals surface area contributed by atoms with Crippen molar-refractivity contribution in [1.82, 2.24) is 9.97 Å². The first-order valence-electron chi connectivity index (χ1n) is 8.39. The summed E-state index contributed by atoms with van der Waals surface area (Å²) >= 11 is 1.62. The molecule has 0 bridgehead atoms. The number of aromatic nitrogens is 2. The highest BCUT2D eigenvalue weighted by atomic mass is 32.2. The van der Waals surface area contributed by atoms with E-state index >= 15 is 0 Å². The van der Waals surface area contributed by atoms with Crippen LogP contribution in [0.5, 0.6) is 5.75 Å². The number of hydrogen-bond acceptors (Lipinski definition) is 7. The first-order chi connectivity index (χ1) is 12.3. The Morgan fingerprint density at radius 1 is 1.20 bits per heavy atom. The third-order valence-electron chi connectivity index (χ3n) is 5.27. The third kappa shape index (κ3) is 2.33. The van der Waals surface area contributed by atoms with Gasteiger partial charge in [-0.2, -0.15) is 0 Å². The van der Waals surface area contributed by atoms with E-state index in [1.54, 1.807) is 11.8 Å². The van der Waals surface area contributed by atoms with Gasteiger partial charge in [-0.15, -0.1) is 0 Å². The van der Waals surface area contributed by atoms with Crippen molar-refractivity contribution >= 4 is 16.9 Å². The average Bonchev–Trinajstić information content (AvgIpc) is 3.05. The van der Waals surface area contributed by atoms with Crippen LogP contribution in [0.25, 0.3) is 11.1 Å². The van der Waals surface area contributed by atoms with Gasteiger partial charge in [-0.05, 0) is 17.7 Å². The molecule has 0 radical (unpaired) electrons. The molecule has 4 heterocycles. The van der Waals surface area contributed by atoms with Gasteiger partial charge in [0.25, 0.3) is 0 Å². The molecule has 6 nitrogen and oxygen atoms in total. The number of nitrogens with two attached hydrogens (primary N) is 1. The molecule has 1 saturated heterocycles. The maximum atomic E-state index is 6.32. The molecule has 2 aromatic rings. The van der Waals surface area contributed by atoms with Crippen LogP contribution in [0.2, 0.25) is 0 Å². The lowest BCUT2D eigenvalue weighted by atomic mass is 9.73. The van der Waals surface area contributed by atoms with Crippen molar-refractivity contribution < 1.29 is 9.47 Å². The van der Waals surface area contributed by atoms with Crippen LogP contribution in [0.3, 0.4) is 0 Å². The van der Waals surface area contributed by atoms with E-state index in [1.807, 2.05) is 18.5 Å². The van der Waals surface area contributed by atoms with Crippen LogP contribution < -0.4 is 10.5 Å². The molecule has 1 fully saturated rings. The minimum Gasteiger partial charge on any atom is -0.489 e. The number of thioether (sulfide) groups is 1. The zero-order valence-electron chi connectivity index (χ0n) is 13.6. The zero-order chi connectivity index (χ0) is 16.9. The van der Waals surface area contributed by atoms with E-state index in [0.29, 0.717) is 11.8 Å². The summed E-state index contributed by atoms with van der Waals surface area (Å²) in [5, 5.41) is 0.644. The average molecular weight is 354 g/mol. The Bertz CT molecular complexity index is 844. The largest absolute Gasteiger partial charge is 0.489 e. The number of aliphatic imine (C=N–C) groups is 1. The lowest BCUT2D eigenvalue weighted by Gasteiger charge is -2.46. The van der Waals surface area contributed by atoms with Crippen molar-refractivity contribution in [3.05, 3.63) is 42.5 Å². The summed E-state index contributed by atoms with van der Waals surface area (Å²) in [4.78, 5) is 13.2. The fourth-order valence-corrected chi connectivity index (χ4v) is 5.07. The highest BCUT2D eigenvalue weighted by Gasteiger charge is 2.53. The summed E-state index contributed by atoms with van der Waals surface area (Å²) in [6.45, 7) is 1.39. The van der Waals surface area contributed by atoms with Crippen molar-refractivity contribution in [3.8, 4) is 16.9 Å². The van der Waals surface area contributed by atoms with Gasteiger partial charge in [0.1, 0.15) is 23.7 Å². The van der Waals surface area contributed by atoms with E-state index in [4.69, 9.17) is 20.2 Å². The molecule has 25 heavy (non-hydrogen) atoms. The molecule has 3 atom stereocenters. The Balaban J connectivity index is 1.68. The Morgan fingerprint density at radius 3 is 2.88 bits per heavy atom. The molecule has 3 aliphatic heterocycles. The minimum atomic E-state index is -0.376. The van der Waals surface area contributed by atoms with Crippen molar-refractivity contribution in [2.45, 2.75) is 18.1 Å². The molecule has 1 aromatic carbocycles. The van der Waals surface area contributed by atoms with Gasteiger partial charge in [-0.25, -0.2) is 15.0 Å². The van der Waals surface area contributed by atoms with Gasteiger partial charge >= 0.3 is 0 Å². The molecule has 0 saturated carbocycles. The van der Waals surface area contributed by atoms with Gasteiger partial charge in [-0.3, -0.25) is 0 Å². The van der Waals surface area contributed by atoms with Crippen molar-refractivity contribution in [2.24, 2.45) is 16.6 Å². The first kappa shape index (κ1) is 15.2. The second-order valence-corrected chi connectivity index (χ2v) is 7.62. The van der Waals surface area contributed by atoms with Gasteiger partial charge in [-0.1, -0.05) is 17.8 Å². The Labute approximate surface area is 149 Å². The van der Waals surface area contributed by atoms with Crippen LogP contribution in [0.1, 0.15) is 12.0 Å². The summed E-state index contributed by atoms with van der Waals surface area (Å²) in [6, 6.07) is 6.25. The summed E-state index contributed by atoms with van der Waals surface area (Å²) in [5.74, 6) is 1.92. The van der Waals surface area contributed by atoms with Crippen LogP contribution in [-0.2, 0) is 10.3 Å². The van der Waals surface area contributed by atoms with Crippen LogP contribution in [0.4, 0.5) is 0 Å². The summed E-state index contributed by atoms with van der Waals surface area (Å²) in [5.41, 5.74) is 8.83. The molecule has 2 N–H and O–H groups in total. The Hall–Kier alpha value is -2.12. The normalized spacial score (nSPS) is 30.3. The predicted octanol–water partition coefficient (Wildman–Crippen LogP) is 2.20. The van der Waals surface area contributed by atoms with E-state index in [-0.39, 0.29) is 17.6 Å². The predicted molar refractivity (Wildman–Crippen MR) is 96.6 cm³/mol. The standard InChI is InChI=1S/C18H18N4O2S/c19-17-22-18(9-25-17)13-5-11(12-6-20-10-21-7-12)1-2-15(13)24-16-3-4-23-8-14(16)18/h1-2,5-7,10,14,16H,3-4,8-9H2,(H2,19,22)/t14-,16-,18-/m0/s1. The molecule has 0 amide bonds. The number of rotatable bonds is 1. The minimum absolute atomic E-state index is 0.127. The molecule has 1 spiro atoms. The van der Waals surface area contributed by atoms with E-state index in [0.717, 1.165) is 41.2 Å². The van der Waals surface area contributed by atoms with Crippen LogP contribution >= 0.6 is 11.8 Å². The lowest BCUT2D eigenvalue weighted by Crippen LogP contribution is -2.52. The van der Waals surface area contributed by atoms with Crippen molar-refractivity contribution in [1.29, 1.82) is 0 Å². The molecular formula is C18H18N4O2S. The molecule has 0 aliphatic carbocycles. The monoisotopic (exact) mass is 354 g/mol. The van der Waals surface area contributed by atoms with Crippen LogP contribution in [0, 0.1) is 5.92 Å². The van der Waals surface area contributed by atoms with Gasteiger partial charge in [0.15, 0.2) is 5.17 Å². The smallest absolute Gasteiger partial charge is 0.154 e. The van der Waals surface area contributed by atoms with Crippen molar-refractivity contribution in [2.75, 3.05) is 19.0 Å². The third-order valence-corrected chi connectivity index (χ3v) is 6.25. The van der Waals surface area contributed by atoms with Crippen LogP contribution in [0.15, 0.2) is 41.9 Å². The first-order valence-corrected chi connectivity index (χ1v) is 9.37. The Morgan fingerprint density at radius 2 is 2.08 bits per heavy atom. The van der Waals surface area contributed by atoms with Crippen LogP contribution in [-0.4, -0.2) is 40.2 Å². The molecule has 5 rings (SSSR count). The SMILES string of the molecule is NC1=N[C@@]2(CS1)c1cc(-c3cncnc3)ccc1O[C@H]1CCOC[C@@H]12. The maximum Gasteiger partial charge on any atom is 0.154 e. The van der Waals surface area contributed by atoms with E-state index in [2.05, 4.69) is 22.1 Å². The highest BCUT2D eigenvalue weighted by Crippen LogP contribution is 2.52. The highest BCUT2D eigenvalue weighted by molar-refractivity contribution is 8.14. The topological polar surface area (TPSA) is 82.6 Å². The molecule has 128 valence electrons. The number of nitrogens with zero attached hydrogens (tertiary/aromatic N) is 3. The van der Waals surface area contributed by atoms with Crippen molar-refractivity contribution in [3.63, 3.8) is 0 Å². The summed E-state index contributed by atoms with van der Waals surface area (Å²) in [7, 11) is 0. The quantitative estimate of drug-likeness (QED) is 0.845. The Kier molecular flexibility index (Phi) is 3.46. The van der Waals surface area contributed by atoms with Gasteiger partial charge in [0.05, 0.1) is 13.2 Å². The fourth-order valence-electron chi connectivity index (χ4n) is 4.04. The second-order valence-electron chi connectivity index (χ2n) is 6.63. The van der Waals surface area contributed by atoms with Gasteiger partial charge < -0.3 is 15.2 Å². The van der Waals surface area contributed by atoms with Gasteiger partial charge in [0, 0.05) is 41.6 Å². The second kappa shape index (κ2) is 5.71. The van der Waals surface area contributed by atoms with Gasteiger partial charge in [0.2, 0.25) is 0 Å². The van der Waals surface area contributed by atoms with E-state index < -0.39 is 0 Å². The lowest BCUT2D eigenvalue weighted by molar-refractivity contribution is -0.0628. The molecule has 7 heteroatoms. The molecule has 1 aromatic heterocycles. The number of hydrogen-bond donors (Lipinski definition) is 1. The molecule has 0 unspecified atom stereocenters. The number of amidine groups is 1. The fraction of sp³-hybridized carbons (Fsp3) is 0.389. The number of benzene rings is 1. The number of ether oxygens (including phenoxy) is 2. The summed E-state index contributed by atoms with van der Waals surface area (Å²) < 4.78 is 12.1. The molecule has 3 aliphatic rings. The molecular weight excluding hydrogens is 336 g/mol. The zero-order valence-corrected chi connectivity index (χ0v) is 14.4. The van der Waals surface area contributed by atoms with E-state index in [9.17, 15) is 0 Å². The summed E-state index contributed by atoms with van der Waals surface area (Å²) in [6.07, 6.45) is 6.19.